The van der Waals surface area contributed by atoms with E-state index in [0.717, 1.165) is 12.0 Å². The van der Waals surface area contributed by atoms with Crippen LogP contribution in [0.2, 0.25) is 0 Å². The van der Waals surface area contributed by atoms with Crippen LogP contribution in [-0.4, -0.2) is 35.7 Å². The zero-order chi connectivity index (χ0) is 17.0. The Balaban J connectivity index is 1.90. The van der Waals surface area contributed by atoms with Crippen LogP contribution >= 0.6 is 0 Å². The number of carboxylic acid groups (broad SMARTS) is 1. The molecule has 23 heavy (non-hydrogen) atoms. The van der Waals surface area contributed by atoms with E-state index in [-0.39, 0.29) is 11.3 Å². The van der Waals surface area contributed by atoms with Gasteiger partial charge in [-0.15, -0.1) is 0 Å². The van der Waals surface area contributed by atoms with Crippen LogP contribution in [0.4, 0.5) is 0 Å². The van der Waals surface area contributed by atoms with E-state index in [9.17, 15) is 9.59 Å². The van der Waals surface area contributed by atoms with Gasteiger partial charge in [0.05, 0.1) is 0 Å². The standard InChI is InChI=1S/C18H25NO4/c1-4-12-5-7-13(8-6-12)18(2,3)11-19-16(20)14-9-10-15(23-14)17(21)22/h5-8,14-15H,4,9-11H2,1-3H3,(H,19,20)(H,21,22)/t14-,15+/m0/s1. The summed E-state index contributed by atoms with van der Waals surface area (Å²) in [5, 5.41) is 11.8. The lowest BCUT2D eigenvalue weighted by Crippen LogP contribution is -2.42. The number of carbonyl (C=O) groups is 2. The van der Waals surface area contributed by atoms with E-state index in [4.69, 9.17) is 9.84 Å². The molecule has 1 fully saturated rings. The fraction of sp³-hybridized carbons (Fsp3) is 0.556. The van der Waals surface area contributed by atoms with Gasteiger partial charge in [0, 0.05) is 12.0 Å². The van der Waals surface area contributed by atoms with E-state index in [1.165, 1.54) is 5.56 Å². The molecule has 0 radical (unpaired) electrons. The topological polar surface area (TPSA) is 75.6 Å². The molecule has 1 aliphatic rings. The second-order valence-electron chi connectivity index (χ2n) is 6.68. The summed E-state index contributed by atoms with van der Waals surface area (Å²) in [5.41, 5.74) is 2.24. The maximum absolute atomic E-state index is 12.2. The summed E-state index contributed by atoms with van der Waals surface area (Å²) in [4.78, 5) is 23.0. The first-order chi connectivity index (χ1) is 10.8. The predicted molar refractivity (Wildman–Crippen MR) is 87.4 cm³/mol. The molecule has 5 heteroatoms. The van der Waals surface area contributed by atoms with Crippen molar-refractivity contribution in [1.29, 1.82) is 0 Å². The number of aliphatic carboxylic acids is 1. The van der Waals surface area contributed by atoms with E-state index < -0.39 is 18.2 Å². The summed E-state index contributed by atoms with van der Waals surface area (Å²) in [6, 6.07) is 8.40. The van der Waals surface area contributed by atoms with E-state index >= 15 is 0 Å². The molecular formula is C18H25NO4. The Bertz CT molecular complexity index is 565. The molecule has 1 heterocycles. The lowest BCUT2D eigenvalue weighted by molar-refractivity contribution is -0.151. The Morgan fingerprint density at radius 2 is 1.83 bits per heavy atom. The zero-order valence-electron chi connectivity index (χ0n) is 14.0. The Morgan fingerprint density at radius 3 is 2.35 bits per heavy atom. The monoisotopic (exact) mass is 319 g/mol. The van der Waals surface area contributed by atoms with Crippen LogP contribution in [0.15, 0.2) is 24.3 Å². The fourth-order valence-corrected chi connectivity index (χ4v) is 2.73. The highest BCUT2D eigenvalue weighted by atomic mass is 16.5. The number of ether oxygens (including phenoxy) is 1. The van der Waals surface area contributed by atoms with Gasteiger partial charge in [0.1, 0.15) is 6.10 Å². The minimum Gasteiger partial charge on any atom is -0.479 e. The lowest BCUT2D eigenvalue weighted by Gasteiger charge is -2.26. The highest BCUT2D eigenvalue weighted by molar-refractivity contribution is 5.82. The molecule has 0 unspecified atom stereocenters. The van der Waals surface area contributed by atoms with Crippen LogP contribution in [0, 0.1) is 0 Å². The SMILES string of the molecule is CCc1ccc(C(C)(C)CNC(=O)[C@@H]2CC[C@H](C(=O)O)O2)cc1. The van der Waals surface area contributed by atoms with Gasteiger partial charge in [-0.1, -0.05) is 45.0 Å². The Kier molecular flexibility index (Phi) is 5.42. The van der Waals surface area contributed by atoms with Gasteiger partial charge < -0.3 is 15.2 Å². The summed E-state index contributed by atoms with van der Waals surface area (Å²) in [6.45, 7) is 6.74. The molecule has 2 rings (SSSR count). The van der Waals surface area contributed by atoms with Crippen molar-refractivity contribution in [2.45, 2.75) is 57.7 Å². The lowest BCUT2D eigenvalue weighted by atomic mass is 9.84. The number of aryl methyl sites for hydroxylation is 1. The van der Waals surface area contributed by atoms with E-state index in [1.807, 2.05) is 0 Å². The molecule has 0 saturated carbocycles. The van der Waals surface area contributed by atoms with E-state index in [1.54, 1.807) is 0 Å². The molecule has 5 nitrogen and oxygen atoms in total. The Hall–Kier alpha value is -1.88. The minimum atomic E-state index is -1.00. The normalized spacial score (nSPS) is 21.2. The van der Waals surface area contributed by atoms with Gasteiger partial charge in [-0.3, -0.25) is 4.79 Å². The number of amides is 1. The first-order valence-electron chi connectivity index (χ1n) is 8.09. The molecule has 1 aromatic rings. The van der Waals surface area contributed by atoms with Crippen LogP contribution in [0.5, 0.6) is 0 Å². The van der Waals surface area contributed by atoms with Gasteiger partial charge in [0.2, 0.25) is 5.91 Å². The molecule has 0 aliphatic carbocycles. The highest BCUT2D eigenvalue weighted by Crippen LogP contribution is 2.24. The highest BCUT2D eigenvalue weighted by Gasteiger charge is 2.35. The Morgan fingerprint density at radius 1 is 1.22 bits per heavy atom. The zero-order valence-corrected chi connectivity index (χ0v) is 14.0. The number of rotatable bonds is 6. The van der Waals surface area contributed by atoms with E-state index in [0.29, 0.717) is 19.4 Å². The number of hydrogen-bond donors (Lipinski definition) is 2. The molecule has 2 N–H and O–H groups in total. The average molecular weight is 319 g/mol. The third-order valence-electron chi connectivity index (χ3n) is 4.44. The molecular weight excluding hydrogens is 294 g/mol. The molecule has 1 saturated heterocycles. The molecule has 0 bridgehead atoms. The minimum absolute atomic E-state index is 0.202. The first-order valence-corrected chi connectivity index (χ1v) is 8.09. The van der Waals surface area contributed by atoms with Crippen LogP contribution in [0.3, 0.4) is 0 Å². The number of benzene rings is 1. The second kappa shape index (κ2) is 7.13. The summed E-state index contributed by atoms with van der Waals surface area (Å²) in [7, 11) is 0. The molecule has 1 amide bonds. The maximum Gasteiger partial charge on any atom is 0.332 e. The number of carbonyl (C=O) groups excluding carboxylic acids is 1. The van der Waals surface area contributed by atoms with Gasteiger partial charge in [-0.05, 0) is 30.4 Å². The van der Waals surface area contributed by atoms with Crippen LogP contribution in [-0.2, 0) is 26.2 Å². The third kappa shape index (κ3) is 4.32. The number of hydrogen-bond acceptors (Lipinski definition) is 3. The van der Waals surface area contributed by atoms with Crippen molar-refractivity contribution in [2.75, 3.05) is 6.54 Å². The quantitative estimate of drug-likeness (QED) is 0.843. The van der Waals surface area contributed by atoms with Crippen molar-refractivity contribution < 1.29 is 19.4 Å². The van der Waals surface area contributed by atoms with Gasteiger partial charge in [0.15, 0.2) is 6.10 Å². The second-order valence-corrected chi connectivity index (χ2v) is 6.68. The molecule has 1 aromatic carbocycles. The number of nitrogens with one attached hydrogen (secondary N) is 1. The van der Waals surface area contributed by atoms with Crippen molar-refractivity contribution >= 4 is 11.9 Å². The van der Waals surface area contributed by atoms with Gasteiger partial charge >= 0.3 is 5.97 Å². The van der Waals surface area contributed by atoms with Crippen molar-refractivity contribution in [1.82, 2.24) is 5.32 Å². The van der Waals surface area contributed by atoms with Crippen molar-refractivity contribution in [3.8, 4) is 0 Å². The smallest absolute Gasteiger partial charge is 0.332 e. The largest absolute Gasteiger partial charge is 0.479 e. The summed E-state index contributed by atoms with van der Waals surface area (Å²) >= 11 is 0. The first kappa shape index (κ1) is 17.5. The average Bonchev–Trinajstić information content (AvgIpc) is 3.03. The predicted octanol–water partition coefficient (Wildman–Crippen LogP) is 2.27. The Labute approximate surface area is 137 Å². The van der Waals surface area contributed by atoms with Crippen molar-refractivity contribution in [3.63, 3.8) is 0 Å². The number of carboxylic acids is 1. The van der Waals surface area contributed by atoms with Gasteiger partial charge in [-0.2, -0.15) is 0 Å². The third-order valence-corrected chi connectivity index (χ3v) is 4.44. The molecule has 0 spiro atoms. The maximum atomic E-state index is 12.2. The van der Waals surface area contributed by atoms with Crippen molar-refractivity contribution in [3.05, 3.63) is 35.4 Å². The van der Waals surface area contributed by atoms with Crippen LogP contribution in [0.25, 0.3) is 0 Å². The van der Waals surface area contributed by atoms with Gasteiger partial charge in [-0.25, -0.2) is 4.79 Å². The van der Waals surface area contributed by atoms with Crippen LogP contribution in [0.1, 0.15) is 44.7 Å². The fourth-order valence-electron chi connectivity index (χ4n) is 2.73. The molecule has 0 aromatic heterocycles. The van der Waals surface area contributed by atoms with E-state index in [2.05, 4.69) is 50.4 Å². The summed E-state index contributed by atoms with van der Waals surface area (Å²) in [6.07, 6.45) is 0.319. The summed E-state index contributed by atoms with van der Waals surface area (Å²) in [5.74, 6) is -1.23. The molecule has 2 atom stereocenters. The molecule has 126 valence electrons. The summed E-state index contributed by atoms with van der Waals surface area (Å²) < 4.78 is 5.27. The van der Waals surface area contributed by atoms with Crippen molar-refractivity contribution in [2.24, 2.45) is 0 Å². The van der Waals surface area contributed by atoms with Crippen LogP contribution < -0.4 is 5.32 Å². The van der Waals surface area contributed by atoms with Gasteiger partial charge in [0.25, 0.3) is 0 Å². The molecule has 1 aliphatic heterocycles.